The molecule has 3 heteroatoms. The van der Waals surface area contributed by atoms with Crippen molar-refractivity contribution in [2.45, 2.75) is 18.9 Å². The van der Waals surface area contributed by atoms with Crippen molar-refractivity contribution in [3.63, 3.8) is 0 Å². The van der Waals surface area contributed by atoms with E-state index in [0.29, 0.717) is 6.54 Å². The predicted molar refractivity (Wildman–Crippen MR) is 51.6 cm³/mol. The normalized spacial score (nSPS) is 12.8. The van der Waals surface area contributed by atoms with Crippen LogP contribution in [0, 0.1) is 5.82 Å². The molecule has 0 bridgehead atoms. The number of hydrogen-bond acceptors (Lipinski definition) is 2. The summed E-state index contributed by atoms with van der Waals surface area (Å²) < 4.78 is 12.5. The van der Waals surface area contributed by atoms with Gasteiger partial charge in [0.2, 0.25) is 0 Å². The van der Waals surface area contributed by atoms with Gasteiger partial charge in [-0.15, -0.1) is 0 Å². The number of halogens is 1. The number of nitrogens with two attached hydrogens (primary N) is 2. The lowest BCUT2D eigenvalue weighted by Gasteiger charge is -2.10. The summed E-state index contributed by atoms with van der Waals surface area (Å²) in [5, 5.41) is 0. The Hall–Kier alpha value is -0.930. The van der Waals surface area contributed by atoms with Crippen molar-refractivity contribution < 1.29 is 4.39 Å². The molecule has 1 aromatic carbocycles. The van der Waals surface area contributed by atoms with Crippen molar-refractivity contribution in [3.05, 3.63) is 35.6 Å². The van der Waals surface area contributed by atoms with E-state index in [1.165, 1.54) is 12.1 Å². The topological polar surface area (TPSA) is 52.0 Å². The minimum Gasteiger partial charge on any atom is -0.330 e. The van der Waals surface area contributed by atoms with Crippen LogP contribution in [-0.2, 0) is 0 Å². The Kier molecular flexibility index (Phi) is 3.86. The van der Waals surface area contributed by atoms with Crippen molar-refractivity contribution in [1.82, 2.24) is 0 Å². The fourth-order valence-corrected chi connectivity index (χ4v) is 1.21. The minimum absolute atomic E-state index is 0.0239. The van der Waals surface area contributed by atoms with Crippen LogP contribution in [0.1, 0.15) is 24.4 Å². The summed E-state index contributed by atoms with van der Waals surface area (Å²) in [7, 11) is 0. The van der Waals surface area contributed by atoms with Gasteiger partial charge in [0, 0.05) is 6.04 Å². The summed E-state index contributed by atoms with van der Waals surface area (Å²) in [5.74, 6) is -0.227. The first kappa shape index (κ1) is 10.2. The second-order valence-corrected chi connectivity index (χ2v) is 3.09. The lowest BCUT2D eigenvalue weighted by molar-refractivity contribution is 0.607. The third-order valence-corrected chi connectivity index (χ3v) is 2.02. The molecule has 0 fully saturated rings. The van der Waals surface area contributed by atoms with Crippen molar-refractivity contribution in [2.75, 3.05) is 6.54 Å². The SMILES string of the molecule is NCCCC(N)c1ccc(F)cc1. The molecule has 4 N–H and O–H groups in total. The number of rotatable bonds is 4. The minimum atomic E-state index is -0.227. The second-order valence-electron chi connectivity index (χ2n) is 3.09. The van der Waals surface area contributed by atoms with Crippen molar-refractivity contribution in [1.29, 1.82) is 0 Å². The van der Waals surface area contributed by atoms with Crippen LogP contribution >= 0.6 is 0 Å². The molecule has 0 saturated carbocycles. The first-order valence-corrected chi connectivity index (χ1v) is 4.45. The maximum Gasteiger partial charge on any atom is 0.123 e. The number of benzene rings is 1. The van der Waals surface area contributed by atoms with Crippen molar-refractivity contribution >= 4 is 0 Å². The highest BCUT2D eigenvalue weighted by molar-refractivity contribution is 5.19. The third-order valence-electron chi connectivity index (χ3n) is 2.02. The number of hydrogen-bond donors (Lipinski definition) is 2. The van der Waals surface area contributed by atoms with Crippen molar-refractivity contribution in [2.24, 2.45) is 11.5 Å². The van der Waals surface area contributed by atoms with Gasteiger partial charge in [0.25, 0.3) is 0 Å². The highest BCUT2D eigenvalue weighted by Gasteiger charge is 2.04. The van der Waals surface area contributed by atoms with Gasteiger partial charge in [-0.05, 0) is 37.1 Å². The van der Waals surface area contributed by atoms with E-state index < -0.39 is 0 Å². The maximum atomic E-state index is 12.5. The zero-order valence-corrected chi connectivity index (χ0v) is 7.54. The largest absolute Gasteiger partial charge is 0.330 e. The van der Waals surface area contributed by atoms with Crippen LogP contribution in [0.25, 0.3) is 0 Å². The molecule has 1 unspecified atom stereocenters. The molecular weight excluding hydrogens is 167 g/mol. The molecule has 72 valence electrons. The van der Waals surface area contributed by atoms with Gasteiger partial charge in [0.15, 0.2) is 0 Å². The van der Waals surface area contributed by atoms with Crippen molar-refractivity contribution in [3.8, 4) is 0 Å². The van der Waals surface area contributed by atoms with Gasteiger partial charge < -0.3 is 11.5 Å². The van der Waals surface area contributed by atoms with Gasteiger partial charge in [0.1, 0.15) is 5.82 Å². The molecule has 0 aliphatic rings. The van der Waals surface area contributed by atoms with E-state index in [2.05, 4.69) is 0 Å². The summed E-state index contributed by atoms with van der Waals surface area (Å²) in [6, 6.07) is 6.27. The molecule has 1 rings (SSSR count). The van der Waals surface area contributed by atoms with E-state index in [0.717, 1.165) is 18.4 Å². The monoisotopic (exact) mass is 182 g/mol. The van der Waals surface area contributed by atoms with E-state index in [4.69, 9.17) is 11.5 Å². The molecule has 0 heterocycles. The molecule has 0 spiro atoms. The van der Waals surface area contributed by atoms with Crippen LogP contribution in [0.15, 0.2) is 24.3 Å². The van der Waals surface area contributed by atoms with Crippen LogP contribution in [0.4, 0.5) is 4.39 Å². The second kappa shape index (κ2) is 4.94. The van der Waals surface area contributed by atoms with Crippen LogP contribution < -0.4 is 11.5 Å². The summed E-state index contributed by atoms with van der Waals surface area (Å²) in [4.78, 5) is 0. The first-order valence-electron chi connectivity index (χ1n) is 4.45. The lowest BCUT2D eigenvalue weighted by Crippen LogP contribution is -2.12. The molecule has 1 aromatic rings. The zero-order valence-electron chi connectivity index (χ0n) is 7.54. The molecule has 0 aromatic heterocycles. The van der Waals surface area contributed by atoms with Crippen LogP contribution in [0.5, 0.6) is 0 Å². The van der Waals surface area contributed by atoms with Gasteiger partial charge in [0.05, 0.1) is 0 Å². The molecule has 0 amide bonds. The lowest BCUT2D eigenvalue weighted by atomic mass is 10.0. The van der Waals surface area contributed by atoms with Gasteiger partial charge >= 0.3 is 0 Å². The Morgan fingerprint density at radius 3 is 2.38 bits per heavy atom. The average Bonchev–Trinajstić information content (AvgIpc) is 2.15. The summed E-state index contributed by atoms with van der Waals surface area (Å²) in [5.41, 5.74) is 12.2. The summed E-state index contributed by atoms with van der Waals surface area (Å²) in [6.45, 7) is 0.648. The van der Waals surface area contributed by atoms with E-state index in [1.54, 1.807) is 12.1 Å². The molecule has 13 heavy (non-hydrogen) atoms. The smallest absolute Gasteiger partial charge is 0.123 e. The summed E-state index contributed by atoms with van der Waals surface area (Å²) in [6.07, 6.45) is 1.75. The maximum absolute atomic E-state index is 12.5. The van der Waals surface area contributed by atoms with Gasteiger partial charge in [-0.3, -0.25) is 0 Å². The molecule has 0 saturated heterocycles. The highest BCUT2D eigenvalue weighted by atomic mass is 19.1. The Morgan fingerprint density at radius 1 is 1.23 bits per heavy atom. The van der Waals surface area contributed by atoms with Gasteiger partial charge in [-0.25, -0.2) is 4.39 Å². The van der Waals surface area contributed by atoms with Gasteiger partial charge in [-0.2, -0.15) is 0 Å². The Labute approximate surface area is 77.7 Å². The Morgan fingerprint density at radius 2 is 1.85 bits per heavy atom. The van der Waals surface area contributed by atoms with E-state index in [1.807, 2.05) is 0 Å². The van der Waals surface area contributed by atoms with Crippen LogP contribution in [0.2, 0.25) is 0 Å². The van der Waals surface area contributed by atoms with Crippen LogP contribution in [-0.4, -0.2) is 6.54 Å². The van der Waals surface area contributed by atoms with Crippen LogP contribution in [0.3, 0.4) is 0 Å². The third kappa shape index (κ3) is 3.13. The molecule has 2 nitrogen and oxygen atoms in total. The van der Waals surface area contributed by atoms with Gasteiger partial charge in [-0.1, -0.05) is 12.1 Å². The predicted octanol–water partition coefficient (Wildman–Crippen LogP) is 1.56. The molecule has 1 atom stereocenters. The molecule has 0 aliphatic heterocycles. The Bertz CT molecular complexity index is 246. The van der Waals surface area contributed by atoms with E-state index in [-0.39, 0.29) is 11.9 Å². The zero-order chi connectivity index (χ0) is 9.68. The van der Waals surface area contributed by atoms with E-state index in [9.17, 15) is 4.39 Å². The highest BCUT2D eigenvalue weighted by Crippen LogP contribution is 2.15. The Balaban J connectivity index is 2.55. The fourth-order valence-electron chi connectivity index (χ4n) is 1.21. The first-order chi connectivity index (χ1) is 6.24. The van der Waals surface area contributed by atoms with E-state index >= 15 is 0 Å². The average molecular weight is 182 g/mol. The quantitative estimate of drug-likeness (QED) is 0.742. The summed E-state index contributed by atoms with van der Waals surface area (Å²) >= 11 is 0. The standard InChI is InChI=1S/C10H15FN2/c11-9-5-3-8(4-6-9)10(13)2-1-7-12/h3-6,10H,1-2,7,12-13H2. The molecule has 0 aliphatic carbocycles. The fraction of sp³-hybridized carbons (Fsp3) is 0.400. The molecule has 0 radical (unpaired) electrons. The molecular formula is C10H15FN2.